The lowest BCUT2D eigenvalue weighted by Crippen LogP contribution is -2.38. The van der Waals surface area contributed by atoms with E-state index in [2.05, 4.69) is 5.32 Å². The van der Waals surface area contributed by atoms with Crippen LogP contribution in [0.1, 0.15) is 53.9 Å². The van der Waals surface area contributed by atoms with Gasteiger partial charge in [0, 0.05) is 0 Å². The van der Waals surface area contributed by atoms with Crippen molar-refractivity contribution in [2.75, 3.05) is 6.54 Å². The molecule has 2 heteroatoms. The van der Waals surface area contributed by atoms with Crippen molar-refractivity contribution in [1.82, 2.24) is 5.32 Å². The van der Waals surface area contributed by atoms with Crippen molar-refractivity contribution in [2.24, 2.45) is 0 Å². The zero-order valence-electron chi connectivity index (χ0n) is 9.81. The first-order valence-corrected chi connectivity index (χ1v) is 5.54. The monoisotopic (exact) mass is 187 g/mol. The molecule has 0 aromatic heterocycles. The molecule has 0 aromatic rings. The molecule has 1 heterocycles. The van der Waals surface area contributed by atoms with Crippen LogP contribution >= 0.6 is 0 Å². The number of hydrogen-bond donors (Lipinski definition) is 1. The van der Waals surface area contributed by atoms with Crippen molar-refractivity contribution >= 4 is 5.78 Å². The molecule has 0 aromatic carbocycles. The molecule has 80 valence electrons. The SMILES string of the molecule is CC.CC.CC(=O)[C@@H]1CCCCN1. The second kappa shape index (κ2) is 11.6. The van der Waals surface area contributed by atoms with Crippen LogP contribution in [0.5, 0.6) is 0 Å². The highest BCUT2D eigenvalue weighted by Gasteiger charge is 2.15. The molecule has 0 unspecified atom stereocenters. The highest BCUT2D eigenvalue weighted by molar-refractivity contribution is 5.81. The van der Waals surface area contributed by atoms with Crippen molar-refractivity contribution in [1.29, 1.82) is 0 Å². The minimum absolute atomic E-state index is 0.166. The van der Waals surface area contributed by atoms with Gasteiger partial charge < -0.3 is 5.32 Å². The predicted octanol–water partition coefficient (Wildman–Crippen LogP) is 2.77. The highest BCUT2D eigenvalue weighted by atomic mass is 16.1. The average Bonchev–Trinajstić information content (AvgIpc) is 2.25. The normalized spacial score (nSPS) is 20.2. The Labute approximate surface area is 83.1 Å². The Balaban J connectivity index is 0. The Morgan fingerprint density at radius 3 is 1.92 bits per heavy atom. The van der Waals surface area contributed by atoms with Crippen LogP contribution in [0.4, 0.5) is 0 Å². The summed E-state index contributed by atoms with van der Waals surface area (Å²) in [5.41, 5.74) is 0. The summed E-state index contributed by atoms with van der Waals surface area (Å²) in [6, 6.07) is 0.166. The number of ketones is 1. The van der Waals surface area contributed by atoms with Crippen molar-refractivity contribution in [3.8, 4) is 0 Å². The van der Waals surface area contributed by atoms with Crippen LogP contribution in [0.15, 0.2) is 0 Å². The summed E-state index contributed by atoms with van der Waals surface area (Å²) >= 11 is 0. The molecule has 0 aliphatic carbocycles. The Bertz CT molecular complexity index is 107. The smallest absolute Gasteiger partial charge is 0.146 e. The van der Waals surface area contributed by atoms with E-state index in [0.717, 1.165) is 13.0 Å². The maximum atomic E-state index is 10.7. The van der Waals surface area contributed by atoms with Crippen LogP contribution in [0.25, 0.3) is 0 Å². The molecule has 1 aliphatic heterocycles. The van der Waals surface area contributed by atoms with Gasteiger partial charge in [0.15, 0.2) is 0 Å². The third-order valence-electron chi connectivity index (χ3n) is 1.80. The third-order valence-corrected chi connectivity index (χ3v) is 1.80. The lowest BCUT2D eigenvalue weighted by Gasteiger charge is -2.20. The Hall–Kier alpha value is -0.370. The first-order valence-electron chi connectivity index (χ1n) is 5.54. The maximum absolute atomic E-state index is 10.7. The molecule has 2 nitrogen and oxygen atoms in total. The highest BCUT2D eigenvalue weighted by Crippen LogP contribution is 2.06. The first-order chi connectivity index (χ1) is 6.30. The van der Waals surface area contributed by atoms with Crippen LogP contribution in [-0.4, -0.2) is 18.4 Å². The Morgan fingerprint density at radius 2 is 1.69 bits per heavy atom. The number of carbonyl (C=O) groups is 1. The van der Waals surface area contributed by atoms with Gasteiger partial charge in [-0.25, -0.2) is 0 Å². The molecule has 1 saturated heterocycles. The topological polar surface area (TPSA) is 29.1 Å². The molecule has 1 fully saturated rings. The fourth-order valence-corrected chi connectivity index (χ4v) is 1.20. The zero-order valence-corrected chi connectivity index (χ0v) is 9.81. The van der Waals surface area contributed by atoms with E-state index in [4.69, 9.17) is 0 Å². The molecule has 0 spiro atoms. The molecule has 0 radical (unpaired) electrons. The van der Waals surface area contributed by atoms with Crippen LogP contribution in [-0.2, 0) is 4.79 Å². The first kappa shape index (κ1) is 15.1. The van der Waals surface area contributed by atoms with Gasteiger partial charge in [0.1, 0.15) is 5.78 Å². The molecule has 1 atom stereocenters. The van der Waals surface area contributed by atoms with Gasteiger partial charge in [-0.2, -0.15) is 0 Å². The quantitative estimate of drug-likeness (QED) is 0.684. The molecule has 0 saturated carbocycles. The van der Waals surface area contributed by atoms with Crippen LogP contribution in [0.2, 0.25) is 0 Å². The van der Waals surface area contributed by atoms with Gasteiger partial charge >= 0.3 is 0 Å². The predicted molar refractivity (Wildman–Crippen MR) is 59.0 cm³/mol. The number of rotatable bonds is 1. The second-order valence-corrected chi connectivity index (χ2v) is 2.61. The minimum atomic E-state index is 0.166. The molecule has 1 aliphatic rings. The summed E-state index contributed by atoms with van der Waals surface area (Å²) in [5.74, 6) is 0.287. The summed E-state index contributed by atoms with van der Waals surface area (Å²) in [6.45, 7) is 10.7. The van der Waals surface area contributed by atoms with E-state index in [1.807, 2.05) is 27.7 Å². The van der Waals surface area contributed by atoms with Crippen LogP contribution in [0.3, 0.4) is 0 Å². The van der Waals surface area contributed by atoms with Crippen molar-refractivity contribution in [3.05, 3.63) is 0 Å². The fourth-order valence-electron chi connectivity index (χ4n) is 1.20. The van der Waals surface area contributed by atoms with Gasteiger partial charge in [0.2, 0.25) is 0 Å². The number of carbonyl (C=O) groups excluding carboxylic acids is 1. The molecule has 1 N–H and O–H groups in total. The van der Waals surface area contributed by atoms with E-state index in [0.29, 0.717) is 0 Å². The van der Waals surface area contributed by atoms with E-state index in [1.165, 1.54) is 12.8 Å². The van der Waals surface area contributed by atoms with Crippen molar-refractivity contribution < 1.29 is 4.79 Å². The van der Waals surface area contributed by atoms with Gasteiger partial charge in [0.05, 0.1) is 6.04 Å². The maximum Gasteiger partial charge on any atom is 0.146 e. The lowest BCUT2D eigenvalue weighted by atomic mass is 10.0. The molecular formula is C11H25NO. The number of piperidine rings is 1. The van der Waals surface area contributed by atoms with Crippen LogP contribution in [0, 0.1) is 0 Å². The van der Waals surface area contributed by atoms with E-state index in [1.54, 1.807) is 6.92 Å². The van der Waals surface area contributed by atoms with Gasteiger partial charge in [0.25, 0.3) is 0 Å². The van der Waals surface area contributed by atoms with E-state index in [9.17, 15) is 4.79 Å². The largest absolute Gasteiger partial charge is 0.307 e. The van der Waals surface area contributed by atoms with Crippen LogP contribution < -0.4 is 5.32 Å². The van der Waals surface area contributed by atoms with Crippen molar-refractivity contribution in [2.45, 2.75) is 59.9 Å². The molecule has 0 amide bonds. The minimum Gasteiger partial charge on any atom is -0.307 e. The van der Waals surface area contributed by atoms with E-state index >= 15 is 0 Å². The fraction of sp³-hybridized carbons (Fsp3) is 0.909. The lowest BCUT2D eigenvalue weighted by molar-refractivity contribution is -0.119. The summed E-state index contributed by atoms with van der Waals surface area (Å²) in [6.07, 6.45) is 3.47. The van der Waals surface area contributed by atoms with Crippen molar-refractivity contribution in [3.63, 3.8) is 0 Å². The molecular weight excluding hydrogens is 162 g/mol. The number of hydrogen-bond acceptors (Lipinski definition) is 2. The van der Waals surface area contributed by atoms with Gasteiger partial charge in [-0.1, -0.05) is 34.1 Å². The molecule has 0 bridgehead atoms. The van der Waals surface area contributed by atoms with Gasteiger partial charge in [-0.05, 0) is 26.3 Å². The number of Topliss-reactive ketones (excluding diaryl/α,β-unsaturated/α-hetero) is 1. The summed E-state index contributed by atoms with van der Waals surface area (Å²) in [7, 11) is 0. The molecule has 13 heavy (non-hydrogen) atoms. The average molecular weight is 187 g/mol. The Kier molecular flexibility index (Phi) is 13.5. The Morgan fingerprint density at radius 1 is 1.15 bits per heavy atom. The zero-order chi connectivity index (χ0) is 10.7. The third kappa shape index (κ3) is 7.97. The molecule has 1 rings (SSSR count). The van der Waals surface area contributed by atoms with E-state index in [-0.39, 0.29) is 11.8 Å². The van der Waals surface area contributed by atoms with Gasteiger partial charge in [-0.15, -0.1) is 0 Å². The second-order valence-electron chi connectivity index (χ2n) is 2.61. The van der Waals surface area contributed by atoms with Gasteiger partial charge in [-0.3, -0.25) is 4.79 Å². The summed E-state index contributed by atoms with van der Waals surface area (Å²) < 4.78 is 0. The van der Waals surface area contributed by atoms with E-state index < -0.39 is 0 Å². The standard InChI is InChI=1S/C7H13NO.2C2H6/c1-6(9)7-4-2-3-5-8-7;2*1-2/h7-8H,2-5H2,1H3;2*1-2H3/t7-;;/m0../s1. The summed E-state index contributed by atoms with van der Waals surface area (Å²) in [4.78, 5) is 10.7. The summed E-state index contributed by atoms with van der Waals surface area (Å²) in [5, 5.41) is 3.17. The number of nitrogens with one attached hydrogen (secondary N) is 1.